The Bertz CT molecular complexity index is 520. The molecule has 6 nitrogen and oxygen atoms in total. The van der Waals surface area contributed by atoms with E-state index in [1.54, 1.807) is 4.90 Å². The number of carbonyl (C=O) groups is 2. The molecule has 1 aliphatic rings. The Kier molecular flexibility index (Phi) is 4.59. The Morgan fingerprint density at radius 1 is 1.33 bits per heavy atom. The van der Waals surface area contributed by atoms with Gasteiger partial charge in [0, 0.05) is 6.54 Å². The largest absolute Gasteiger partial charge is 0.481 e. The van der Waals surface area contributed by atoms with E-state index in [1.807, 2.05) is 30.3 Å². The van der Waals surface area contributed by atoms with E-state index in [1.165, 1.54) is 0 Å². The molecule has 0 saturated carbocycles. The number of primary amides is 1. The van der Waals surface area contributed by atoms with Gasteiger partial charge in [-0.1, -0.05) is 30.3 Å². The third-order valence-corrected chi connectivity index (χ3v) is 4.11. The number of nitrogens with zero attached hydrogens (tertiary/aromatic N) is 1. The highest BCUT2D eigenvalue weighted by Crippen LogP contribution is 2.35. The summed E-state index contributed by atoms with van der Waals surface area (Å²) < 4.78 is 0. The van der Waals surface area contributed by atoms with E-state index in [4.69, 9.17) is 5.73 Å². The number of carboxylic acid groups (broad SMARTS) is 1. The van der Waals surface area contributed by atoms with Crippen molar-refractivity contribution >= 4 is 11.9 Å². The van der Waals surface area contributed by atoms with E-state index in [9.17, 15) is 19.8 Å². The fraction of sp³-hybridized carbons (Fsp3) is 0.467. The first kappa shape index (κ1) is 15.5. The lowest BCUT2D eigenvalue weighted by atomic mass is 9.71. The molecule has 0 aliphatic carbocycles. The number of aliphatic hydroxyl groups excluding tert-OH is 1. The van der Waals surface area contributed by atoms with Crippen LogP contribution in [0.1, 0.15) is 12.0 Å². The number of likely N-dealkylation sites (tertiary alicyclic amines) is 1. The predicted molar refractivity (Wildman–Crippen MR) is 76.5 cm³/mol. The lowest BCUT2D eigenvalue weighted by Gasteiger charge is -2.42. The number of carbonyl (C=O) groups excluding carboxylic acids is 1. The SMILES string of the molecule is NC(=O)CN1CC[C@](Cc2ccccc2)(C(=O)O)[C@@H](O)C1. The number of benzene rings is 1. The van der Waals surface area contributed by atoms with Gasteiger partial charge in [-0.25, -0.2) is 0 Å². The van der Waals surface area contributed by atoms with E-state index in [0.717, 1.165) is 5.56 Å². The number of aliphatic carboxylic acids is 1. The first-order chi connectivity index (χ1) is 9.94. The van der Waals surface area contributed by atoms with Gasteiger partial charge in [0.05, 0.1) is 12.6 Å². The number of amides is 1. The molecule has 0 unspecified atom stereocenters. The van der Waals surface area contributed by atoms with Crippen LogP contribution in [0.25, 0.3) is 0 Å². The van der Waals surface area contributed by atoms with Gasteiger partial charge in [0.15, 0.2) is 0 Å². The first-order valence-electron chi connectivity index (χ1n) is 6.90. The molecule has 21 heavy (non-hydrogen) atoms. The number of rotatable bonds is 5. The average Bonchev–Trinajstić information content (AvgIpc) is 2.42. The van der Waals surface area contributed by atoms with Gasteiger partial charge in [-0.3, -0.25) is 14.5 Å². The maximum Gasteiger partial charge on any atom is 0.312 e. The molecule has 6 heteroatoms. The van der Waals surface area contributed by atoms with E-state index in [0.29, 0.717) is 6.54 Å². The highest BCUT2D eigenvalue weighted by molar-refractivity contribution is 5.77. The van der Waals surface area contributed by atoms with Gasteiger partial charge in [-0.05, 0) is 24.9 Å². The molecular formula is C15H20N2O4. The lowest BCUT2D eigenvalue weighted by Crippen LogP contribution is -2.56. The molecule has 1 aromatic carbocycles. The number of hydrogen-bond acceptors (Lipinski definition) is 4. The van der Waals surface area contributed by atoms with Crippen molar-refractivity contribution in [2.75, 3.05) is 19.6 Å². The minimum absolute atomic E-state index is 0.0398. The van der Waals surface area contributed by atoms with Gasteiger partial charge in [-0.15, -0.1) is 0 Å². The summed E-state index contributed by atoms with van der Waals surface area (Å²) in [5.74, 6) is -1.48. The zero-order chi connectivity index (χ0) is 15.5. The highest BCUT2D eigenvalue weighted by atomic mass is 16.4. The maximum atomic E-state index is 11.7. The summed E-state index contributed by atoms with van der Waals surface area (Å²) in [6.07, 6.45) is -0.483. The molecule has 0 radical (unpaired) electrons. The molecule has 0 spiro atoms. The molecule has 1 aromatic rings. The molecule has 114 valence electrons. The van der Waals surface area contributed by atoms with E-state index in [2.05, 4.69) is 0 Å². The number of piperidine rings is 1. The van der Waals surface area contributed by atoms with Crippen LogP contribution < -0.4 is 5.73 Å². The second-order valence-corrected chi connectivity index (χ2v) is 5.59. The van der Waals surface area contributed by atoms with Crippen molar-refractivity contribution in [2.45, 2.75) is 18.9 Å². The van der Waals surface area contributed by atoms with Crippen LogP contribution in [0.4, 0.5) is 0 Å². The molecular weight excluding hydrogens is 272 g/mol. The van der Waals surface area contributed by atoms with Crippen molar-refractivity contribution < 1.29 is 19.8 Å². The quantitative estimate of drug-likeness (QED) is 0.700. The molecule has 1 heterocycles. The van der Waals surface area contributed by atoms with Crippen LogP contribution in [0, 0.1) is 5.41 Å². The van der Waals surface area contributed by atoms with Crippen molar-refractivity contribution in [3.63, 3.8) is 0 Å². The molecule has 0 aromatic heterocycles. The smallest absolute Gasteiger partial charge is 0.312 e. The van der Waals surface area contributed by atoms with E-state index in [-0.39, 0.29) is 25.9 Å². The summed E-state index contributed by atoms with van der Waals surface area (Å²) in [7, 11) is 0. The van der Waals surface area contributed by atoms with Gasteiger partial charge in [-0.2, -0.15) is 0 Å². The molecule has 1 fully saturated rings. The highest BCUT2D eigenvalue weighted by Gasteiger charge is 2.48. The maximum absolute atomic E-state index is 11.7. The summed E-state index contributed by atoms with van der Waals surface area (Å²) in [6, 6.07) is 9.27. The first-order valence-corrected chi connectivity index (χ1v) is 6.90. The summed E-state index contributed by atoms with van der Waals surface area (Å²) >= 11 is 0. The van der Waals surface area contributed by atoms with Crippen molar-refractivity contribution in [2.24, 2.45) is 11.1 Å². The Morgan fingerprint density at radius 3 is 2.52 bits per heavy atom. The zero-order valence-corrected chi connectivity index (χ0v) is 11.7. The predicted octanol–water partition coefficient (Wildman–Crippen LogP) is -0.148. The third-order valence-electron chi connectivity index (χ3n) is 4.11. The van der Waals surface area contributed by atoms with Gasteiger partial charge >= 0.3 is 5.97 Å². The minimum Gasteiger partial charge on any atom is -0.481 e. The lowest BCUT2D eigenvalue weighted by molar-refractivity contribution is -0.162. The van der Waals surface area contributed by atoms with Crippen LogP contribution in [0.2, 0.25) is 0 Å². The number of hydrogen-bond donors (Lipinski definition) is 3. The Labute approximate surface area is 123 Å². The van der Waals surface area contributed by atoms with Crippen molar-refractivity contribution in [3.05, 3.63) is 35.9 Å². The van der Waals surface area contributed by atoms with Gasteiger partial charge in [0.2, 0.25) is 5.91 Å². The van der Waals surface area contributed by atoms with Gasteiger partial charge < -0.3 is 15.9 Å². The van der Waals surface area contributed by atoms with Crippen molar-refractivity contribution in [3.8, 4) is 0 Å². The normalized spacial score (nSPS) is 26.4. The Balaban J connectivity index is 2.16. The van der Waals surface area contributed by atoms with Crippen LogP contribution in [0.3, 0.4) is 0 Å². The van der Waals surface area contributed by atoms with Crippen LogP contribution in [0.5, 0.6) is 0 Å². The minimum atomic E-state index is -1.21. The molecule has 2 atom stereocenters. The summed E-state index contributed by atoms with van der Waals surface area (Å²) in [6.45, 7) is 0.610. The van der Waals surface area contributed by atoms with Crippen LogP contribution in [-0.4, -0.2) is 52.7 Å². The van der Waals surface area contributed by atoms with Crippen LogP contribution in [-0.2, 0) is 16.0 Å². The monoisotopic (exact) mass is 292 g/mol. The zero-order valence-electron chi connectivity index (χ0n) is 11.7. The number of carboxylic acids is 1. The molecule has 1 saturated heterocycles. The number of aliphatic hydroxyl groups is 1. The summed E-state index contributed by atoms with van der Waals surface area (Å²) in [5.41, 5.74) is 4.81. The number of β-amino-alcohol motifs (C(OH)–C–C–N with tert-alkyl or cyclic N) is 1. The molecule has 4 N–H and O–H groups in total. The van der Waals surface area contributed by atoms with Crippen molar-refractivity contribution in [1.82, 2.24) is 4.90 Å². The molecule has 2 rings (SSSR count). The fourth-order valence-electron chi connectivity index (χ4n) is 2.89. The molecule has 0 bridgehead atoms. The third kappa shape index (κ3) is 3.40. The van der Waals surface area contributed by atoms with Gasteiger partial charge in [0.25, 0.3) is 0 Å². The second-order valence-electron chi connectivity index (χ2n) is 5.59. The standard InChI is InChI=1S/C15H20N2O4/c16-13(19)10-17-7-6-15(14(20)21,12(18)9-17)8-11-4-2-1-3-5-11/h1-5,12,18H,6-10H2,(H2,16,19)(H,20,21)/t12-,15+/m0/s1. The molecule has 1 aliphatic heterocycles. The summed E-state index contributed by atoms with van der Waals surface area (Å²) in [4.78, 5) is 24.4. The molecule has 1 amide bonds. The van der Waals surface area contributed by atoms with Crippen molar-refractivity contribution in [1.29, 1.82) is 0 Å². The second kappa shape index (κ2) is 6.24. The average molecular weight is 292 g/mol. The topological polar surface area (TPSA) is 104 Å². The van der Waals surface area contributed by atoms with E-state index >= 15 is 0 Å². The summed E-state index contributed by atoms with van der Waals surface area (Å²) in [5, 5.41) is 20.0. The number of nitrogens with two attached hydrogens (primary N) is 1. The van der Waals surface area contributed by atoms with Crippen LogP contribution >= 0.6 is 0 Å². The van der Waals surface area contributed by atoms with Crippen LogP contribution in [0.15, 0.2) is 30.3 Å². The fourth-order valence-corrected chi connectivity index (χ4v) is 2.89. The Hall–Kier alpha value is -1.92. The van der Waals surface area contributed by atoms with Gasteiger partial charge in [0.1, 0.15) is 5.41 Å². The van der Waals surface area contributed by atoms with E-state index < -0.39 is 23.4 Å². The Morgan fingerprint density at radius 2 is 2.00 bits per heavy atom.